The molecule has 2 aliphatic heterocycles. The third-order valence-electron chi connectivity index (χ3n) is 5.91. The highest BCUT2D eigenvalue weighted by Gasteiger charge is 2.48. The smallest absolute Gasteiger partial charge is 0.238 e. The topological polar surface area (TPSA) is 111 Å². The predicted octanol–water partition coefficient (Wildman–Crippen LogP) is 1.07. The molecule has 30 heavy (non-hydrogen) atoms. The Bertz CT molecular complexity index is 549. The molecule has 0 bridgehead atoms. The van der Waals surface area contributed by atoms with Crippen LogP contribution in [-0.4, -0.2) is 87.8 Å². The van der Waals surface area contributed by atoms with Gasteiger partial charge in [0.1, 0.15) is 29.9 Å². The molecule has 2 aliphatic rings. The van der Waals surface area contributed by atoms with Gasteiger partial charge in [-0.1, -0.05) is 0 Å². The fraction of sp³-hybridized carbons (Fsp3) is 0.947. The van der Waals surface area contributed by atoms with Crippen LogP contribution >= 0.6 is 23.4 Å². The van der Waals surface area contributed by atoms with Gasteiger partial charge in [-0.05, 0) is 51.3 Å². The maximum absolute atomic E-state index is 12.9. The molecule has 0 saturated carbocycles. The standard InChI is InChI=1S/C19H33ClF2N2O5S/c1-9(20)13(17-15(26)14(25)16(27)19(29-17)30-2)24-18(28)11-5-3-10(7-8-23-11)4-6-12(21)22/h9-17,19,23,25-27H,3-8H2,1-2H3,(H,24,28)/t9-,10+,11-,13+,14-,15+,16+,17+,19+/m0/s1. The fourth-order valence-corrected chi connectivity index (χ4v) is 4.96. The molecule has 0 radical (unpaired) electrons. The van der Waals surface area contributed by atoms with Gasteiger partial charge in [0, 0.05) is 6.42 Å². The van der Waals surface area contributed by atoms with Crippen molar-refractivity contribution in [1.82, 2.24) is 10.6 Å². The van der Waals surface area contributed by atoms with Crippen LogP contribution in [0.1, 0.15) is 39.0 Å². The molecule has 2 fully saturated rings. The Labute approximate surface area is 185 Å². The number of alkyl halides is 3. The second-order valence-electron chi connectivity index (χ2n) is 8.10. The van der Waals surface area contributed by atoms with Crippen molar-refractivity contribution in [2.24, 2.45) is 5.92 Å². The molecule has 0 aromatic carbocycles. The number of carbonyl (C=O) groups is 1. The predicted molar refractivity (Wildman–Crippen MR) is 112 cm³/mol. The van der Waals surface area contributed by atoms with Crippen LogP contribution in [0.2, 0.25) is 0 Å². The van der Waals surface area contributed by atoms with Gasteiger partial charge in [-0.3, -0.25) is 4.79 Å². The number of nitrogens with one attached hydrogen (secondary N) is 2. The summed E-state index contributed by atoms with van der Waals surface area (Å²) in [5.74, 6) is -0.173. The second-order valence-corrected chi connectivity index (χ2v) is 9.72. The molecule has 9 atom stereocenters. The lowest BCUT2D eigenvalue weighted by Gasteiger charge is -2.44. The van der Waals surface area contributed by atoms with Crippen LogP contribution < -0.4 is 10.6 Å². The SMILES string of the molecule is CS[C@H]1O[C@H]([C@H](NC(=O)[C@@H]2CC[C@H](CCC(F)F)CCN2)[C@H](C)Cl)[C@H](O)[C@H](O)[C@H]1O. The van der Waals surface area contributed by atoms with E-state index in [0.717, 1.165) is 6.42 Å². The summed E-state index contributed by atoms with van der Waals surface area (Å²) in [6.45, 7) is 2.20. The van der Waals surface area contributed by atoms with Gasteiger partial charge in [-0.2, -0.15) is 0 Å². The Morgan fingerprint density at radius 3 is 2.53 bits per heavy atom. The molecular formula is C19H33ClF2N2O5S. The third-order valence-corrected chi connectivity index (χ3v) is 7.04. The van der Waals surface area contributed by atoms with Gasteiger partial charge < -0.3 is 30.7 Å². The van der Waals surface area contributed by atoms with Crippen LogP contribution in [0.5, 0.6) is 0 Å². The molecule has 11 heteroatoms. The van der Waals surface area contributed by atoms with E-state index in [9.17, 15) is 28.9 Å². The summed E-state index contributed by atoms with van der Waals surface area (Å²) in [6, 6.07) is -1.31. The molecule has 0 aliphatic carbocycles. The largest absolute Gasteiger partial charge is 0.388 e. The van der Waals surface area contributed by atoms with E-state index in [1.807, 2.05) is 0 Å². The number of thioether (sulfide) groups is 1. The van der Waals surface area contributed by atoms with Crippen LogP contribution in [0.15, 0.2) is 0 Å². The van der Waals surface area contributed by atoms with E-state index in [0.29, 0.717) is 25.8 Å². The van der Waals surface area contributed by atoms with E-state index < -0.39 is 53.7 Å². The van der Waals surface area contributed by atoms with Crippen molar-refractivity contribution in [3.05, 3.63) is 0 Å². The Morgan fingerprint density at radius 2 is 1.93 bits per heavy atom. The normalized spacial score (nSPS) is 37.4. The van der Waals surface area contributed by atoms with Crippen LogP contribution in [0.3, 0.4) is 0 Å². The summed E-state index contributed by atoms with van der Waals surface area (Å²) in [7, 11) is 0. The average molecular weight is 475 g/mol. The zero-order valence-electron chi connectivity index (χ0n) is 17.2. The van der Waals surface area contributed by atoms with Crippen LogP contribution in [0.4, 0.5) is 8.78 Å². The number of aliphatic hydroxyl groups excluding tert-OH is 3. The van der Waals surface area contributed by atoms with E-state index in [4.69, 9.17) is 16.3 Å². The van der Waals surface area contributed by atoms with Crippen molar-refractivity contribution >= 4 is 29.3 Å². The van der Waals surface area contributed by atoms with Crippen LogP contribution in [-0.2, 0) is 9.53 Å². The molecule has 0 aromatic rings. The number of aliphatic hydroxyl groups is 3. The number of carbonyl (C=O) groups excluding carboxylic acids is 1. The molecule has 2 heterocycles. The summed E-state index contributed by atoms with van der Waals surface area (Å²) < 4.78 is 30.7. The first-order valence-corrected chi connectivity index (χ1v) is 12.1. The maximum atomic E-state index is 12.9. The molecule has 0 spiro atoms. The van der Waals surface area contributed by atoms with Gasteiger partial charge in [-0.25, -0.2) is 8.78 Å². The highest BCUT2D eigenvalue weighted by molar-refractivity contribution is 7.99. The lowest BCUT2D eigenvalue weighted by atomic mass is 9.92. The van der Waals surface area contributed by atoms with E-state index >= 15 is 0 Å². The quantitative estimate of drug-likeness (QED) is 0.335. The van der Waals surface area contributed by atoms with E-state index in [-0.39, 0.29) is 18.2 Å². The van der Waals surface area contributed by atoms with Crippen LogP contribution in [0, 0.1) is 5.92 Å². The summed E-state index contributed by atoms with van der Waals surface area (Å²) >= 11 is 7.46. The van der Waals surface area contributed by atoms with Crippen molar-refractivity contribution < 1.29 is 33.6 Å². The maximum Gasteiger partial charge on any atom is 0.238 e. The van der Waals surface area contributed by atoms with Crippen molar-refractivity contribution in [2.45, 2.75) is 92.8 Å². The van der Waals surface area contributed by atoms with Crippen molar-refractivity contribution in [2.75, 3.05) is 12.8 Å². The minimum atomic E-state index is -2.31. The number of ether oxygens (including phenoxy) is 1. The lowest BCUT2D eigenvalue weighted by molar-refractivity contribution is -0.205. The average Bonchev–Trinajstić information content (AvgIpc) is 2.95. The molecule has 0 aromatic heterocycles. The third kappa shape index (κ3) is 6.88. The highest BCUT2D eigenvalue weighted by Crippen LogP contribution is 2.30. The van der Waals surface area contributed by atoms with Crippen molar-refractivity contribution in [3.63, 3.8) is 0 Å². The zero-order valence-corrected chi connectivity index (χ0v) is 18.8. The summed E-state index contributed by atoms with van der Waals surface area (Å²) in [4.78, 5) is 12.9. The molecule has 2 rings (SSSR count). The second kappa shape index (κ2) is 12.1. The van der Waals surface area contributed by atoms with Crippen LogP contribution in [0.25, 0.3) is 0 Å². The Kier molecular flexibility index (Phi) is 10.5. The van der Waals surface area contributed by atoms with Gasteiger partial charge in [0.05, 0.1) is 17.5 Å². The molecule has 7 nitrogen and oxygen atoms in total. The monoisotopic (exact) mass is 474 g/mol. The number of hydrogen-bond donors (Lipinski definition) is 5. The number of halogens is 3. The Morgan fingerprint density at radius 1 is 1.23 bits per heavy atom. The first-order valence-electron chi connectivity index (χ1n) is 10.3. The summed E-state index contributed by atoms with van der Waals surface area (Å²) in [5.41, 5.74) is -0.769. The van der Waals surface area contributed by atoms with E-state index in [2.05, 4.69) is 10.6 Å². The van der Waals surface area contributed by atoms with Gasteiger partial charge in [-0.15, -0.1) is 23.4 Å². The minimum Gasteiger partial charge on any atom is -0.388 e. The summed E-state index contributed by atoms with van der Waals surface area (Å²) in [5, 5.41) is 36.0. The molecule has 5 N–H and O–H groups in total. The Hall–Kier alpha value is -0.230. The van der Waals surface area contributed by atoms with Gasteiger partial charge in [0.25, 0.3) is 0 Å². The van der Waals surface area contributed by atoms with Gasteiger partial charge in [0.2, 0.25) is 12.3 Å². The number of hydrogen-bond acceptors (Lipinski definition) is 7. The molecular weight excluding hydrogens is 442 g/mol. The Balaban J connectivity index is 2.00. The van der Waals surface area contributed by atoms with E-state index in [1.54, 1.807) is 13.2 Å². The summed E-state index contributed by atoms with van der Waals surface area (Å²) in [6.07, 6.45) is -3.51. The highest BCUT2D eigenvalue weighted by atomic mass is 35.5. The number of amides is 1. The lowest BCUT2D eigenvalue weighted by Crippen LogP contribution is -2.65. The molecule has 0 unspecified atom stereocenters. The van der Waals surface area contributed by atoms with E-state index in [1.165, 1.54) is 11.8 Å². The van der Waals surface area contributed by atoms with Crippen molar-refractivity contribution in [3.8, 4) is 0 Å². The van der Waals surface area contributed by atoms with Crippen molar-refractivity contribution in [1.29, 1.82) is 0 Å². The minimum absolute atomic E-state index is 0.130. The molecule has 1 amide bonds. The zero-order chi connectivity index (χ0) is 22.4. The fourth-order valence-electron chi connectivity index (χ4n) is 4.07. The molecule has 176 valence electrons. The first kappa shape index (κ1) is 26.0. The number of rotatable bonds is 8. The van der Waals surface area contributed by atoms with Gasteiger partial charge >= 0.3 is 0 Å². The first-order chi connectivity index (χ1) is 14.1. The van der Waals surface area contributed by atoms with Gasteiger partial charge in [0.15, 0.2) is 0 Å². The molecule has 2 saturated heterocycles.